The highest BCUT2D eigenvalue weighted by atomic mass is 16.5. The summed E-state index contributed by atoms with van der Waals surface area (Å²) in [6.07, 6.45) is 7.14. The van der Waals surface area contributed by atoms with Crippen LogP contribution in [0.3, 0.4) is 0 Å². The summed E-state index contributed by atoms with van der Waals surface area (Å²) in [6.45, 7) is 4.20. The molecule has 42 heavy (non-hydrogen) atoms. The number of rotatable bonds is 13. The lowest BCUT2D eigenvalue weighted by molar-refractivity contribution is -0.132. The molecule has 4 rings (SSSR count). The lowest BCUT2D eigenvalue weighted by Crippen LogP contribution is -2.57. The first-order valence-corrected chi connectivity index (χ1v) is 15.0. The molecule has 0 bridgehead atoms. The third-order valence-electron chi connectivity index (χ3n) is 8.43. The summed E-state index contributed by atoms with van der Waals surface area (Å²) in [5, 5.41) is 12.0. The molecule has 1 saturated heterocycles. The summed E-state index contributed by atoms with van der Waals surface area (Å²) in [6, 6.07) is 4.51. The Morgan fingerprint density at radius 2 is 1.76 bits per heavy atom. The molecule has 0 spiro atoms. The van der Waals surface area contributed by atoms with Gasteiger partial charge in [-0.3, -0.25) is 19.2 Å². The lowest BCUT2D eigenvalue weighted by Gasteiger charge is -2.29. The standard InChI is InChI=1S/C31H43N5O6/c1-18(2)27(36-30(40)26-16-21-15-23(42-3)9-10-24(21)34-26)31(41)35-25(13-19-7-5-4-6-8-19)29(39)33-22(17-37)14-20-11-12-32-28(20)38/h9-10,15-20,22,25,27,34H,4-8,11-14H2,1-3H3,(H,32,38)(H,33,39)(H,35,41)(H,36,40)/t20-,22-,25-,27?/m0/s1. The Bertz CT molecular complexity index is 1280. The van der Waals surface area contributed by atoms with Crippen molar-refractivity contribution in [3.05, 3.63) is 30.0 Å². The van der Waals surface area contributed by atoms with E-state index in [1.54, 1.807) is 19.2 Å². The van der Waals surface area contributed by atoms with Crippen LogP contribution < -0.4 is 26.0 Å². The number of methoxy groups -OCH3 is 1. The molecule has 2 aromatic rings. The summed E-state index contributed by atoms with van der Waals surface area (Å²) < 4.78 is 5.26. The topological polar surface area (TPSA) is 158 Å². The third kappa shape index (κ3) is 7.89. The van der Waals surface area contributed by atoms with Gasteiger partial charge in [0, 0.05) is 23.4 Å². The Hall–Kier alpha value is -3.89. The van der Waals surface area contributed by atoms with Gasteiger partial charge in [-0.05, 0) is 55.4 Å². The number of amides is 4. The Morgan fingerprint density at radius 1 is 1.00 bits per heavy atom. The van der Waals surface area contributed by atoms with Gasteiger partial charge < -0.3 is 35.8 Å². The van der Waals surface area contributed by atoms with E-state index in [1.807, 2.05) is 26.0 Å². The molecule has 228 valence electrons. The fourth-order valence-electron chi connectivity index (χ4n) is 5.97. The van der Waals surface area contributed by atoms with Crippen molar-refractivity contribution in [2.45, 2.75) is 83.3 Å². The summed E-state index contributed by atoms with van der Waals surface area (Å²) in [4.78, 5) is 67.2. The highest BCUT2D eigenvalue weighted by molar-refractivity contribution is 6.01. The molecule has 4 amide bonds. The lowest BCUT2D eigenvalue weighted by atomic mass is 9.84. The van der Waals surface area contributed by atoms with Crippen LogP contribution in [0.4, 0.5) is 0 Å². The van der Waals surface area contributed by atoms with E-state index in [9.17, 15) is 24.0 Å². The highest BCUT2D eigenvalue weighted by Crippen LogP contribution is 2.28. The van der Waals surface area contributed by atoms with Crippen LogP contribution >= 0.6 is 0 Å². The molecule has 11 heteroatoms. The van der Waals surface area contributed by atoms with Crippen molar-refractivity contribution < 1.29 is 28.7 Å². The molecular weight excluding hydrogens is 538 g/mol. The minimum atomic E-state index is -0.899. The van der Waals surface area contributed by atoms with Gasteiger partial charge in [-0.2, -0.15) is 0 Å². The number of nitrogens with one attached hydrogen (secondary N) is 5. The van der Waals surface area contributed by atoms with Gasteiger partial charge >= 0.3 is 0 Å². The summed E-state index contributed by atoms with van der Waals surface area (Å²) in [5.41, 5.74) is 1.06. The normalized spacial score (nSPS) is 19.5. The quantitative estimate of drug-likeness (QED) is 0.229. The Balaban J connectivity index is 1.46. The second-order valence-corrected chi connectivity index (χ2v) is 11.9. The highest BCUT2D eigenvalue weighted by Gasteiger charge is 2.33. The van der Waals surface area contributed by atoms with Gasteiger partial charge in [0.25, 0.3) is 5.91 Å². The molecule has 1 saturated carbocycles. The van der Waals surface area contributed by atoms with Crippen LogP contribution in [0.1, 0.15) is 75.7 Å². The third-order valence-corrected chi connectivity index (χ3v) is 8.43. The van der Waals surface area contributed by atoms with Gasteiger partial charge in [-0.25, -0.2) is 0 Å². The number of fused-ring (bicyclic) bond motifs is 1. The van der Waals surface area contributed by atoms with Crippen LogP contribution in [0.2, 0.25) is 0 Å². The van der Waals surface area contributed by atoms with Crippen molar-refractivity contribution in [3.8, 4) is 5.75 Å². The minimum Gasteiger partial charge on any atom is -0.497 e. The number of hydrogen-bond acceptors (Lipinski definition) is 6. The first-order chi connectivity index (χ1) is 20.2. The first-order valence-electron chi connectivity index (χ1n) is 15.0. The first kappa shape index (κ1) is 31.1. The maximum Gasteiger partial charge on any atom is 0.268 e. The molecule has 1 aliphatic heterocycles. The predicted molar refractivity (Wildman–Crippen MR) is 158 cm³/mol. The molecule has 1 aromatic heterocycles. The van der Waals surface area contributed by atoms with Gasteiger partial charge in [0.15, 0.2) is 0 Å². The van der Waals surface area contributed by atoms with Crippen LogP contribution in [0.25, 0.3) is 10.9 Å². The van der Waals surface area contributed by atoms with Crippen molar-refractivity contribution in [1.82, 2.24) is 26.3 Å². The molecule has 1 unspecified atom stereocenters. The summed E-state index contributed by atoms with van der Waals surface area (Å²) in [5.74, 6) is -1.15. The fourth-order valence-corrected chi connectivity index (χ4v) is 5.97. The van der Waals surface area contributed by atoms with Crippen molar-refractivity contribution in [1.29, 1.82) is 0 Å². The van der Waals surface area contributed by atoms with E-state index in [0.29, 0.717) is 37.1 Å². The SMILES string of the molecule is COc1ccc2[nH]c(C(=O)NC(C(=O)N[C@@H](CC3CCCCC3)C(=O)N[C@H](C=O)C[C@@H]3CCNC3=O)C(C)C)cc2c1. The fraction of sp³-hybridized carbons (Fsp3) is 0.581. The molecule has 0 radical (unpaired) electrons. The van der Waals surface area contributed by atoms with Gasteiger partial charge in [-0.15, -0.1) is 0 Å². The van der Waals surface area contributed by atoms with E-state index in [2.05, 4.69) is 26.3 Å². The average Bonchev–Trinajstić information content (AvgIpc) is 3.60. The number of aromatic amines is 1. The number of benzene rings is 1. The Kier molecular flexibility index (Phi) is 10.6. The van der Waals surface area contributed by atoms with Crippen LogP contribution in [0.5, 0.6) is 5.75 Å². The molecule has 2 aliphatic rings. The zero-order valence-electron chi connectivity index (χ0n) is 24.7. The molecule has 2 heterocycles. The number of aromatic nitrogens is 1. The van der Waals surface area contributed by atoms with Gasteiger partial charge in [0.1, 0.15) is 29.8 Å². The van der Waals surface area contributed by atoms with E-state index in [0.717, 1.165) is 43.0 Å². The number of carbonyl (C=O) groups excluding carboxylic acids is 5. The minimum absolute atomic E-state index is 0.118. The maximum absolute atomic E-state index is 13.6. The molecule has 1 aromatic carbocycles. The second-order valence-electron chi connectivity index (χ2n) is 11.9. The number of carbonyl (C=O) groups is 5. The second kappa shape index (κ2) is 14.3. The Labute approximate surface area is 246 Å². The molecule has 5 N–H and O–H groups in total. The van der Waals surface area contributed by atoms with Crippen LogP contribution in [0.15, 0.2) is 24.3 Å². The molecule has 4 atom stereocenters. The summed E-state index contributed by atoms with van der Waals surface area (Å²) in [7, 11) is 1.57. The van der Waals surface area contributed by atoms with E-state index in [1.165, 1.54) is 0 Å². The van der Waals surface area contributed by atoms with E-state index >= 15 is 0 Å². The zero-order chi connectivity index (χ0) is 30.2. The van der Waals surface area contributed by atoms with Crippen LogP contribution in [0, 0.1) is 17.8 Å². The number of H-pyrrole nitrogens is 1. The predicted octanol–water partition coefficient (Wildman–Crippen LogP) is 2.60. The van der Waals surface area contributed by atoms with Crippen molar-refractivity contribution in [3.63, 3.8) is 0 Å². The van der Waals surface area contributed by atoms with E-state index in [4.69, 9.17) is 4.74 Å². The van der Waals surface area contributed by atoms with Gasteiger partial charge in [0.2, 0.25) is 17.7 Å². The maximum atomic E-state index is 13.6. The monoisotopic (exact) mass is 581 g/mol. The molecule has 1 aliphatic carbocycles. The summed E-state index contributed by atoms with van der Waals surface area (Å²) >= 11 is 0. The van der Waals surface area contributed by atoms with Crippen LogP contribution in [-0.4, -0.2) is 66.7 Å². The Morgan fingerprint density at radius 3 is 2.40 bits per heavy atom. The zero-order valence-corrected chi connectivity index (χ0v) is 24.7. The molecule has 2 fully saturated rings. The van der Waals surface area contributed by atoms with Crippen molar-refractivity contribution in [2.24, 2.45) is 17.8 Å². The smallest absolute Gasteiger partial charge is 0.268 e. The van der Waals surface area contributed by atoms with E-state index < -0.39 is 35.8 Å². The molecule has 11 nitrogen and oxygen atoms in total. The van der Waals surface area contributed by atoms with Crippen molar-refractivity contribution in [2.75, 3.05) is 13.7 Å². The number of hydrogen-bond donors (Lipinski definition) is 5. The average molecular weight is 582 g/mol. The largest absolute Gasteiger partial charge is 0.497 e. The molecular formula is C31H43N5O6. The van der Waals surface area contributed by atoms with E-state index in [-0.39, 0.29) is 30.1 Å². The van der Waals surface area contributed by atoms with Gasteiger partial charge in [-0.1, -0.05) is 46.0 Å². The number of aldehydes is 1. The number of ether oxygens (including phenoxy) is 1. The van der Waals surface area contributed by atoms with Gasteiger partial charge in [0.05, 0.1) is 13.2 Å². The van der Waals surface area contributed by atoms with Crippen molar-refractivity contribution >= 4 is 40.8 Å². The van der Waals surface area contributed by atoms with Crippen LogP contribution in [-0.2, 0) is 19.2 Å².